The Morgan fingerprint density at radius 2 is 1.94 bits per heavy atom. The van der Waals surface area contributed by atoms with Crippen LogP contribution in [0.4, 0.5) is 13.2 Å². The van der Waals surface area contributed by atoms with Gasteiger partial charge in [0.1, 0.15) is 18.9 Å². The van der Waals surface area contributed by atoms with Crippen LogP contribution in [0.2, 0.25) is 0 Å². The molecule has 0 saturated heterocycles. The fraction of sp³-hybridized carbons (Fsp3) is 0.174. The summed E-state index contributed by atoms with van der Waals surface area (Å²) in [6.07, 6.45) is 2.09. The second-order valence-electron chi connectivity index (χ2n) is 7.96. The lowest BCUT2D eigenvalue weighted by Gasteiger charge is -2.08. The molecule has 0 saturated carbocycles. The third-order valence-electron chi connectivity index (χ3n) is 5.60. The summed E-state index contributed by atoms with van der Waals surface area (Å²) in [6, 6.07) is 8.59. The average Bonchev–Trinajstić information content (AvgIpc) is 3.41. The van der Waals surface area contributed by atoms with E-state index in [2.05, 4.69) is 20.2 Å². The SMILES string of the molecule is Cc1cccc2c1n(-c1ccc(-c3cncc4[nH]ncc34)cn1)c(=O)n2CC(=O)NCC(F)(F)F. The number of hydrogen-bond donors (Lipinski definition) is 2. The van der Waals surface area contributed by atoms with Crippen molar-refractivity contribution >= 4 is 27.8 Å². The first-order valence-electron chi connectivity index (χ1n) is 10.5. The minimum absolute atomic E-state index is 0.305. The first-order valence-corrected chi connectivity index (χ1v) is 10.5. The Morgan fingerprint density at radius 3 is 2.69 bits per heavy atom. The summed E-state index contributed by atoms with van der Waals surface area (Å²) in [5, 5.41) is 9.56. The van der Waals surface area contributed by atoms with Crippen LogP contribution in [0, 0.1) is 6.92 Å². The zero-order valence-electron chi connectivity index (χ0n) is 18.3. The molecule has 5 aromatic rings. The Balaban J connectivity index is 1.56. The maximum Gasteiger partial charge on any atom is 0.405 e. The molecule has 0 radical (unpaired) electrons. The third kappa shape index (κ3) is 4.14. The molecule has 5 rings (SSSR count). The summed E-state index contributed by atoms with van der Waals surface area (Å²) in [5.41, 5.74) is 3.42. The fourth-order valence-electron chi connectivity index (χ4n) is 4.01. The Kier molecular flexibility index (Phi) is 5.35. The van der Waals surface area contributed by atoms with Crippen molar-refractivity contribution in [2.45, 2.75) is 19.6 Å². The van der Waals surface area contributed by atoms with E-state index in [9.17, 15) is 22.8 Å². The zero-order valence-corrected chi connectivity index (χ0v) is 18.3. The molecular weight excluding hydrogens is 463 g/mol. The summed E-state index contributed by atoms with van der Waals surface area (Å²) in [6.45, 7) is -0.236. The van der Waals surface area contributed by atoms with E-state index in [4.69, 9.17) is 0 Å². The number of para-hydroxylation sites is 1. The van der Waals surface area contributed by atoms with Crippen LogP contribution in [0.25, 0.3) is 38.9 Å². The van der Waals surface area contributed by atoms with Gasteiger partial charge in [-0.15, -0.1) is 0 Å². The lowest BCUT2D eigenvalue weighted by atomic mass is 10.1. The second-order valence-corrected chi connectivity index (χ2v) is 7.96. The van der Waals surface area contributed by atoms with Gasteiger partial charge < -0.3 is 5.32 Å². The number of H-pyrrole nitrogens is 1. The zero-order chi connectivity index (χ0) is 24.7. The Morgan fingerprint density at radius 1 is 1.11 bits per heavy atom. The first kappa shape index (κ1) is 22.3. The molecular formula is C23H18F3N7O2. The van der Waals surface area contributed by atoms with Gasteiger partial charge in [-0.1, -0.05) is 12.1 Å². The van der Waals surface area contributed by atoms with Gasteiger partial charge in [0, 0.05) is 28.9 Å². The van der Waals surface area contributed by atoms with Gasteiger partial charge in [-0.25, -0.2) is 14.3 Å². The van der Waals surface area contributed by atoms with Crippen molar-refractivity contribution in [1.29, 1.82) is 0 Å². The number of aryl methyl sites for hydroxylation is 1. The standard InChI is InChI=1S/C23H18F3N7O2/c1-13-3-2-4-18-21(13)33(22(35)32(18)11-20(34)29-12-23(24,25)26)19-6-5-14(7-28-19)15-8-27-10-17-16(15)9-30-31-17/h2-10H,11-12H2,1H3,(H,29,34)(H,30,31). The van der Waals surface area contributed by atoms with E-state index >= 15 is 0 Å². The van der Waals surface area contributed by atoms with Crippen molar-refractivity contribution in [3.8, 4) is 16.9 Å². The number of fused-ring (bicyclic) bond motifs is 2. The minimum Gasteiger partial charge on any atom is -0.345 e. The highest BCUT2D eigenvalue weighted by atomic mass is 19.4. The molecule has 4 heterocycles. The molecule has 178 valence electrons. The summed E-state index contributed by atoms with van der Waals surface area (Å²) < 4.78 is 39.9. The smallest absolute Gasteiger partial charge is 0.345 e. The van der Waals surface area contributed by atoms with E-state index < -0.39 is 30.9 Å². The van der Waals surface area contributed by atoms with Crippen molar-refractivity contribution in [3.63, 3.8) is 0 Å². The number of aromatic amines is 1. The molecule has 0 unspecified atom stereocenters. The number of nitrogens with zero attached hydrogens (tertiary/aromatic N) is 5. The number of carbonyl (C=O) groups excluding carboxylic acids is 1. The molecule has 0 spiro atoms. The van der Waals surface area contributed by atoms with Gasteiger partial charge >= 0.3 is 11.9 Å². The second kappa shape index (κ2) is 8.38. The number of halogens is 3. The van der Waals surface area contributed by atoms with Gasteiger partial charge in [-0.05, 0) is 30.7 Å². The fourth-order valence-corrected chi connectivity index (χ4v) is 4.01. The van der Waals surface area contributed by atoms with Crippen molar-refractivity contribution in [1.82, 2.24) is 34.6 Å². The predicted octanol–water partition coefficient (Wildman–Crippen LogP) is 3.11. The van der Waals surface area contributed by atoms with E-state index in [1.807, 2.05) is 0 Å². The monoisotopic (exact) mass is 481 g/mol. The van der Waals surface area contributed by atoms with E-state index in [0.717, 1.165) is 32.2 Å². The van der Waals surface area contributed by atoms with Crippen LogP contribution in [0.1, 0.15) is 5.56 Å². The van der Waals surface area contributed by atoms with Crippen molar-refractivity contribution in [3.05, 3.63) is 71.2 Å². The number of imidazole rings is 1. The lowest BCUT2D eigenvalue weighted by Crippen LogP contribution is -2.38. The summed E-state index contributed by atoms with van der Waals surface area (Å²) in [7, 11) is 0. The maximum atomic E-state index is 13.3. The highest BCUT2D eigenvalue weighted by Crippen LogP contribution is 2.27. The number of alkyl halides is 3. The van der Waals surface area contributed by atoms with Crippen LogP contribution in [0.15, 0.2) is 59.9 Å². The van der Waals surface area contributed by atoms with E-state index in [1.54, 1.807) is 67.4 Å². The van der Waals surface area contributed by atoms with Crippen LogP contribution in [0.3, 0.4) is 0 Å². The number of rotatable bonds is 5. The van der Waals surface area contributed by atoms with E-state index in [-0.39, 0.29) is 0 Å². The third-order valence-corrected chi connectivity index (χ3v) is 5.60. The van der Waals surface area contributed by atoms with Crippen LogP contribution in [-0.2, 0) is 11.3 Å². The average molecular weight is 481 g/mol. The molecule has 35 heavy (non-hydrogen) atoms. The van der Waals surface area contributed by atoms with Gasteiger partial charge in [-0.3, -0.25) is 19.4 Å². The molecule has 0 atom stereocenters. The number of nitrogens with one attached hydrogen (secondary N) is 2. The molecule has 0 bridgehead atoms. The summed E-state index contributed by atoms with van der Waals surface area (Å²) in [5.74, 6) is -0.617. The van der Waals surface area contributed by atoms with E-state index in [0.29, 0.717) is 16.9 Å². The number of amides is 1. The van der Waals surface area contributed by atoms with Crippen molar-refractivity contribution < 1.29 is 18.0 Å². The molecule has 2 N–H and O–H groups in total. The minimum atomic E-state index is -4.55. The maximum absolute atomic E-state index is 13.3. The van der Waals surface area contributed by atoms with Gasteiger partial charge in [-0.2, -0.15) is 18.3 Å². The van der Waals surface area contributed by atoms with Gasteiger partial charge in [0.25, 0.3) is 0 Å². The molecule has 0 aliphatic carbocycles. The van der Waals surface area contributed by atoms with Gasteiger partial charge in [0.15, 0.2) is 0 Å². The predicted molar refractivity (Wildman–Crippen MR) is 122 cm³/mol. The summed E-state index contributed by atoms with van der Waals surface area (Å²) in [4.78, 5) is 34.2. The molecule has 0 fully saturated rings. The van der Waals surface area contributed by atoms with Crippen LogP contribution >= 0.6 is 0 Å². The molecule has 0 aliphatic rings. The van der Waals surface area contributed by atoms with Crippen molar-refractivity contribution in [2.24, 2.45) is 0 Å². The number of benzene rings is 1. The quantitative estimate of drug-likeness (QED) is 0.401. The van der Waals surface area contributed by atoms with Crippen LogP contribution < -0.4 is 11.0 Å². The van der Waals surface area contributed by atoms with Crippen LogP contribution in [0.5, 0.6) is 0 Å². The topological polar surface area (TPSA) is 110 Å². The molecule has 1 aromatic carbocycles. The molecule has 12 heteroatoms. The number of pyridine rings is 2. The summed E-state index contributed by atoms with van der Waals surface area (Å²) >= 11 is 0. The Labute approximate surface area is 195 Å². The normalized spacial score (nSPS) is 11.9. The van der Waals surface area contributed by atoms with Gasteiger partial charge in [0.05, 0.1) is 28.9 Å². The van der Waals surface area contributed by atoms with E-state index in [1.165, 1.54) is 4.57 Å². The molecule has 1 amide bonds. The molecule has 0 aliphatic heterocycles. The number of hydrogen-bond acceptors (Lipinski definition) is 5. The van der Waals surface area contributed by atoms with Crippen LogP contribution in [-0.4, -0.2) is 47.9 Å². The molecule has 4 aromatic heterocycles. The highest BCUT2D eigenvalue weighted by Gasteiger charge is 2.28. The first-order chi connectivity index (χ1) is 16.7. The number of carbonyl (C=O) groups is 1. The largest absolute Gasteiger partial charge is 0.405 e. The molecule has 9 nitrogen and oxygen atoms in total. The Bertz CT molecular complexity index is 1610. The highest BCUT2D eigenvalue weighted by molar-refractivity contribution is 5.93. The van der Waals surface area contributed by atoms with Crippen molar-refractivity contribution in [2.75, 3.05) is 6.54 Å². The Hall–Kier alpha value is -4.48. The number of aromatic nitrogens is 6. The lowest BCUT2D eigenvalue weighted by molar-refractivity contribution is -0.138. The van der Waals surface area contributed by atoms with Gasteiger partial charge in [0.2, 0.25) is 5.91 Å².